The lowest BCUT2D eigenvalue weighted by atomic mass is 9.89. The maximum Gasteiger partial charge on any atom is 0.408 e. The van der Waals surface area contributed by atoms with E-state index in [-0.39, 0.29) is 20.9 Å². The van der Waals surface area contributed by atoms with Gasteiger partial charge in [0.1, 0.15) is 23.8 Å². The average Bonchev–Trinajstić information content (AvgIpc) is 3.28. The number of nitrogens with one attached hydrogen (secondary N) is 1. The van der Waals surface area contributed by atoms with Crippen molar-refractivity contribution < 1.29 is 30.0 Å². The van der Waals surface area contributed by atoms with Crippen molar-refractivity contribution in [3.63, 3.8) is 0 Å². The molecule has 1 saturated heterocycles. The molecule has 8 heteroatoms. The van der Waals surface area contributed by atoms with E-state index >= 15 is 0 Å². The molecule has 0 bridgehead atoms. The van der Waals surface area contributed by atoms with Crippen LogP contribution < -0.4 is 5.32 Å². The van der Waals surface area contributed by atoms with Crippen molar-refractivity contribution in [1.82, 2.24) is 10.2 Å². The van der Waals surface area contributed by atoms with Crippen LogP contribution in [-0.2, 0) is 29.4 Å². The van der Waals surface area contributed by atoms with E-state index in [4.69, 9.17) is 14.2 Å². The molecule has 2 aromatic carbocycles. The smallest absolute Gasteiger partial charge is 0.408 e. The number of carbonyl (C=O) groups excluding carboxylic acids is 3. The first-order chi connectivity index (χ1) is 17.8. The van der Waals surface area contributed by atoms with E-state index in [0.29, 0.717) is 0 Å². The minimum absolute atomic E-state index is 0. The monoisotopic (exact) mass is 528 g/mol. The standard InChI is InChI=1S/C26H32N2O6.C4H10.H2/c1-25(2,3)34-24(31)27-16-22(29)28-17-26(33-5,15-21(28)23(30)32-4)20-13-11-19(12-14-20)18-9-7-6-8-10-18;1-4(2)3;/h6-14,21H,15-17H2,1-5H3,(H,27,31);4H,1-3H3;1H/t21-,26-;;/m0../s1. The van der Waals surface area contributed by atoms with Crippen molar-refractivity contribution >= 4 is 18.0 Å². The Morgan fingerprint density at radius 2 is 1.55 bits per heavy atom. The van der Waals surface area contributed by atoms with Crippen molar-refractivity contribution in [3.8, 4) is 11.1 Å². The van der Waals surface area contributed by atoms with Crippen molar-refractivity contribution in [1.29, 1.82) is 0 Å². The zero-order chi connectivity index (χ0) is 28.5. The van der Waals surface area contributed by atoms with Crippen LogP contribution >= 0.6 is 0 Å². The molecule has 2 atom stereocenters. The summed E-state index contributed by atoms with van der Waals surface area (Å²) in [4.78, 5) is 38.9. The third-order valence-corrected chi connectivity index (χ3v) is 5.81. The maximum atomic E-state index is 13.0. The molecule has 1 N–H and O–H groups in total. The largest absolute Gasteiger partial charge is 0.467 e. The molecule has 38 heavy (non-hydrogen) atoms. The molecule has 0 spiro atoms. The van der Waals surface area contributed by atoms with E-state index in [2.05, 4.69) is 26.1 Å². The number of likely N-dealkylation sites (tertiary alicyclic amines) is 1. The fourth-order valence-electron chi connectivity index (χ4n) is 4.12. The summed E-state index contributed by atoms with van der Waals surface area (Å²) in [6, 6.07) is 17.0. The molecule has 0 unspecified atom stereocenters. The van der Waals surface area contributed by atoms with Gasteiger partial charge in [0, 0.05) is 15.0 Å². The number of amides is 2. The van der Waals surface area contributed by atoms with E-state index in [1.807, 2.05) is 54.6 Å². The van der Waals surface area contributed by atoms with Gasteiger partial charge in [0.05, 0.1) is 13.7 Å². The Bertz CT molecular complexity index is 1070. The second kappa shape index (κ2) is 13.4. The summed E-state index contributed by atoms with van der Waals surface area (Å²) in [5.41, 5.74) is 1.40. The Morgan fingerprint density at radius 3 is 2.05 bits per heavy atom. The Hall–Kier alpha value is -3.39. The number of esters is 1. The van der Waals surface area contributed by atoms with Crippen LogP contribution in [0.25, 0.3) is 11.1 Å². The van der Waals surface area contributed by atoms with Crippen molar-refractivity contribution in [3.05, 3.63) is 60.2 Å². The highest BCUT2D eigenvalue weighted by Crippen LogP contribution is 2.40. The zero-order valence-corrected chi connectivity index (χ0v) is 23.9. The number of hydrogen-bond acceptors (Lipinski definition) is 6. The Balaban J connectivity index is 0.00000142. The summed E-state index contributed by atoms with van der Waals surface area (Å²) in [6.45, 7) is 11.5. The average molecular weight is 529 g/mol. The molecular weight excluding hydrogens is 484 g/mol. The molecule has 8 nitrogen and oxygen atoms in total. The molecular formula is C30H44N2O6. The topological polar surface area (TPSA) is 94.2 Å². The van der Waals surface area contributed by atoms with Gasteiger partial charge in [-0.05, 0) is 43.4 Å². The summed E-state index contributed by atoms with van der Waals surface area (Å²) < 4.78 is 16.1. The number of benzene rings is 2. The Kier molecular flexibility index (Phi) is 10.9. The molecule has 0 saturated carbocycles. The number of carbonyl (C=O) groups is 3. The molecule has 2 amide bonds. The van der Waals surface area contributed by atoms with Crippen LogP contribution in [0.2, 0.25) is 0 Å². The van der Waals surface area contributed by atoms with Gasteiger partial charge in [0.15, 0.2) is 0 Å². The van der Waals surface area contributed by atoms with Crippen molar-refractivity contribution in [2.24, 2.45) is 5.92 Å². The Labute approximate surface area is 228 Å². The molecule has 0 aliphatic carbocycles. The van der Waals surface area contributed by atoms with Crippen molar-refractivity contribution in [2.45, 2.75) is 65.2 Å². The lowest BCUT2D eigenvalue weighted by molar-refractivity contribution is -0.150. The van der Waals surface area contributed by atoms with E-state index < -0.39 is 35.2 Å². The molecule has 3 rings (SSSR count). The summed E-state index contributed by atoms with van der Waals surface area (Å²) in [7, 11) is 2.85. The Morgan fingerprint density at radius 1 is 1.00 bits per heavy atom. The molecule has 0 radical (unpaired) electrons. The highest BCUT2D eigenvalue weighted by molar-refractivity contribution is 5.88. The quantitative estimate of drug-likeness (QED) is 0.505. The summed E-state index contributed by atoms with van der Waals surface area (Å²) >= 11 is 0. The van der Waals surface area contributed by atoms with Crippen LogP contribution in [0.4, 0.5) is 4.79 Å². The number of methoxy groups -OCH3 is 2. The number of rotatable bonds is 6. The van der Waals surface area contributed by atoms with Gasteiger partial charge in [-0.25, -0.2) is 9.59 Å². The molecule has 1 aliphatic rings. The zero-order valence-electron chi connectivity index (χ0n) is 23.9. The van der Waals surface area contributed by atoms with Gasteiger partial charge in [0.2, 0.25) is 5.91 Å². The molecule has 1 heterocycles. The molecule has 0 aromatic heterocycles. The lowest BCUT2D eigenvalue weighted by Gasteiger charge is -2.28. The first-order valence-corrected chi connectivity index (χ1v) is 12.9. The van der Waals surface area contributed by atoms with E-state index in [1.54, 1.807) is 27.9 Å². The third-order valence-electron chi connectivity index (χ3n) is 5.81. The van der Waals surface area contributed by atoms with Crippen LogP contribution in [-0.4, -0.2) is 61.8 Å². The number of alkyl carbamates (subject to hydrolysis) is 1. The van der Waals surface area contributed by atoms with Gasteiger partial charge in [-0.3, -0.25) is 4.79 Å². The molecule has 1 aliphatic heterocycles. The highest BCUT2D eigenvalue weighted by atomic mass is 16.6. The fraction of sp³-hybridized carbons (Fsp3) is 0.500. The van der Waals surface area contributed by atoms with Crippen LogP contribution in [0.15, 0.2) is 54.6 Å². The highest BCUT2D eigenvalue weighted by Gasteiger charge is 2.50. The van der Waals surface area contributed by atoms with Crippen LogP contribution in [0.1, 0.15) is 55.0 Å². The van der Waals surface area contributed by atoms with Crippen LogP contribution in [0.3, 0.4) is 0 Å². The predicted octanol–water partition coefficient (Wildman–Crippen LogP) is 5.40. The fourth-order valence-corrected chi connectivity index (χ4v) is 4.12. The SMILES string of the molecule is CC(C)C.COC(=O)[C@@H]1C[C@@](OC)(c2ccc(-c3ccccc3)cc2)CN1C(=O)CNC(=O)OC(C)(C)C.[HH]. The van der Waals surface area contributed by atoms with Crippen molar-refractivity contribution in [2.75, 3.05) is 27.3 Å². The van der Waals surface area contributed by atoms with Gasteiger partial charge < -0.3 is 24.4 Å². The van der Waals surface area contributed by atoms with Gasteiger partial charge in [-0.1, -0.05) is 75.4 Å². The van der Waals surface area contributed by atoms with E-state index in [1.165, 1.54) is 12.0 Å². The second-order valence-electron chi connectivity index (χ2n) is 11.0. The number of nitrogens with zero attached hydrogens (tertiary/aromatic N) is 1. The van der Waals surface area contributed by atoms with E-state index in [0.717, 1.165) is 22.6 Å². The van der Waals surface area contributed by atoms with Crippen LogP contribution in [0, 0.1) is 5.92 Å². The number of hydrogen-bond donors (Lipinski definition) is 1. The summed E-state index contributed by atoms with van der Waals surface area (Å²) in [6.07, 6.45) is -0.469. The first kappa shape index (κ1) is 30.8. The molecule has 1 fully saturated rings. The molecule has 2 aromatic rings. The normalized spacial score (nSPS) is 18.9. The predicted molar refractivity (Wildman–Crippen MR) is 150 cm³/mol. The minimum atomic E-state index is -0.893. The number of ether oxygens (including phenoxy) is 3. The second-order valence-corrected chi connectivity index (χ2v) is 11.0. The minimum Gasteiger partial charge on any atom is -0.467 e. The lowest BCUT2D eigenvalue weighted by Crippen LogP contribution is -2.47. The van der Waals surface area contributed by atoms with Gasteiger partial charge in [-0.2, -0.15) is 0 Å². The summed E-state index contributed by atoms with van der Waals surface area (Å²) in [5, 5.41) is 2.46. The van der Waals surface area contributed by atoms with Gasteiger partial charge >= 0.3 is 12.1 Å². The van der Waals surface area contributed by atoms with Gasteiger partial charge in [0.25, 0.3) is 0 Å². The third kappa shape index (κ3) is 8.58. The van der Waals surface area contributed by atoms with E-state index in [9.17, 15) is 14.4 Å². The van der Waals surface area contributed by atoms with Gasteiger partial charge in [-0.15, -0.1) is 0 Å². The maximum absolute atomic E-state index is 13.0. The summed E-state index contributed by atoms with van der Waals surface area (Å²) in [5.74, 6) is -0.133. The van der Waals surface area contributed by atoms with Crippen LogP contribution in [0.5, 0.6) is 0 Å². The molecule has 210 valence electrons. The first-order valence-electron chi connectivity index (χ1n) is 12.9.